The second kappa shape index (κ2) is 7.53. The van der Waals surface area contributed by atoms with E-state index in [1.165, 1.54) is 6.08 Å². The molecule has 120 valence electrons. The molecule has 2 aromatic rings. The Morgan fingerprint density at radius 1 is 1.09 bits per heavy atom. The number of benzene rings is 2. The number of ether oxygens (including phenoxy) is 1. The average Bonchev–Trinajstić information content (AvgIpc) is 2.50. The van der Waals surface area contributed by atoms with E-state index < -0.39 is 0 Å². The summed E-state index contributed by atoms with van der Waals surface area (Å²) in [7, 11) is 1.63. The quantitative estimate of drug-likeness (QED) is 0.763. The van der Waals surface area contributed by atoms with E-state index in [2.05, 4.69) is 5.32 Å². The van der Waals surface area contributed by atoms with Gasteiger partial charge in [0.05, 0.1) is 17.2 Å². The Kier molecular flexibility index (Phi) is 5.69. The molecule has 2 aromatic carbocycles. The summed E-state index contributed by atoms with van der Waals surface area (Å²) in [6.07, 6.45) is 3.28. The molecule has 0 fully saturated rings. The van der Waals surface area contributed by atoms with Gasteiger partial charge in [0.15, 0.2) is 0 Å². The first-order valence-electron chi connectivity index (χ1n) is 7.00. The molecule has 0 aliphatic carbocycles. The van der Waals surface area contributed by atoms with Crippen molar-refractivity contribution in [2.45, 2.75) is 13.8 Å². The van der Waals surface area contributed by atoms with Crippen molar-refractivity contribution in [3.8, 4) is 5.75 Å². The maximum Gasteiger partial charge on any atom is 0.248 e. The summed E-state index contributed by atoms with van der Waals surface area (Å²) in [4.78, 5) is 12.0. The molecule has 0 aliphatic heterocycles. The number of anilines is 1. The highest BCUT2D eigenvalue weighted by Crippen LogP contribution is 2.25. The molecule has 1 N–H and O–H groups in total. The molecule has 0 radical (unpaired) electrons. The molecule has 0 saturated carbocycles. The monoisotopic (exact) mass is 349 g/mol. The fraction of sp³-hybridized carbons (Fsp3) is 0.167. The fourth-order valence-electron chi connectivity index (χ4n) is 2.23. The molecular weight excluding hydrogens is 333 g/mol. The third-order valence-electron chi connectivity index (χ3n) is 3.39. The van der Waals surface area contributed by atoms with Crippen molar-refractivity contribution in [1.82, 2.24) is 0 Å². The first-order chi connectivity index (χ1) is 10.9. The highest BCUT2D eigenvalue weighted by molar-refractivity contribution is 6.42. The van der Waals surface area contributed by atoms with Gasteiger partial charge >= 0.3 is 0 Å². The smallest absolute Gasteiger partial charge is 0.248 e. The predicted molar refractivity (Wildman–Crippen MR) is 96.6 cm³/mol. The Morgan fingerprint density at radius 3 is 2.30 bits per heavy atom. The zero-order valence-electron chi connectivity index (χ0n) is 13.1. The molecule has 0 unspecified atom stereocenters. The standard InChI is InChI=1S/C18H17Cl2NO2/c1-11-8-14(23-3)9-12(2)15(11)5-7-18(22)21-13-4-6-16(19)17(20)10-13/h4-10H,1-3H3,(H,21,22)/b7-5+. The molecular formula is C18H17Cl2NO2. The van der Waals surface area contributed by atoms with Crippen LogP contribution < -0.4 is 10.1 Å². The number of amides is 1. The van der Waals surface area contributed by atoms with Crippen LogP contribution >= 0.6 is 23.2 Å². The van der Waals surface area contributed by atoms with Crippen molar-refractivity contribution >= 4 is 40.9 Å². The Hall–Kier alpha value is -1.97. The molecule has 1 amide bonds. The minimum atomic E-state index is -0.238. The first-order valence-corrected chi connectivity index (χ1v) is 7.75. The molecule has 0 heterocycles. The number of carbonyl (C=O) groups is 1. The Bertz CT molecular complexity index is 747. The van der Waals surface area contributed by atoms with Gasteiger partial charge in [0, 0.05) is 11.8 Å². The van der Waals surface area contributed by atoms with Crippen molar-refractivity contribution in [2.24, 2.45) is 0 Å². The largest absolute Gasteiger partial charge is 0.497 e. The van der Waals surface area contributed by atoms with Crippen LogP contribution in [0.25, 0.3) is 6.08 Å². The van der Waals surface area contributed by atoms with Gasteiger partial charge in [0.25, 0.3) is 0 Å². The van der Waals surface area contributed by atoms with Crippen LogP contribution in [-0.2, 0) is 4.79 Å². The second-order valence-electron chi connectivity index (χ2n) is 5.13. The maximum absolute atomic E-state index is 12.0. The number of carbonyl (C=O) groups excluding carboxylic acids is 1. The molecule has 0 bridgehead atoms. The normalized spacial score (nSPS) is 10.8. The van der Waals surface area contributed by atoms with E-state index >= 15 is 0 Å². The molecule has 5 heteroatoms. The molecule has 0 saturated heterocycles. The van der Waals surface area contributed by atoms with Gasteiger partial charge in [-0.3, -0.25) is 4.79 Å². The van der Waals surface area contributed by atoms with Gasteiger partial charge < -0.3 is 10.1 Å². The fourth-order valence-corrected chi connectivity index (χ4v) is 2.53. The molecule has 2 rings (SSSR count). The average molecular weight is 350 g/mol. The van der Waals surface area contributed by atoms with Gasteiger partial charge in [-0.25, -0.2) is 0 Å². The number of methoxy groups -OCH3 is 1. The van der Waals surface area contributed by atoms with Gasteiger partial charge in [-0.1, -0.05) is 23.2 Å². The van der Waals surface area contributed by atoms with Crippen molar-refractivity contribution in [2.75, 3.05) is 12.4 Å². The van der Waals surface area contributed by atoms with Crippen LogP contribution in [0.3, 0.4) is 0 Å². The Morgan fingerprint density at radius 2 is 1.74 bits per heavy atom. The third-order valence-corrected chi connectivity index (χ3v) is 4.13. The summed E-state index contributed by atoms with van der Waals surface area (Å²) in [5.41, 5.74) is 3.67. The van der Waals surface area contributed by atoms with Gasteiger partial charge in [0.1, 0.15) is 5.75 Å². The van der Waals surface area contributed by atoms with Gasteiger partial charge in [-0.15, -0.1) is 0 Å². The summed E-state index contributed by atoms with van der Waals surface area (Å²) in [5.74, 6) is 0.565. The number of nitrogens with one attached hydrogen (secondary N) is 1. The van der Waals surface area contributed by atoms with E-state index in [-0.39, 0.29) is 5.91 Å². The van der Waals surface area contributed by atoms with Gasteiger partial charge in [-0.2, -0.15) is 0 Å². The molecule has 0 aromatic heterocycles. The zero-order chi connectivity index (χ0) is 17.0. The van der Waals surface area contributed by atoms with E-state index in [0.29, 0.717) is 15.7 Å². The zero-order valence-corrected chi connectivity index (χ0v) is 14.6. The summed E-state index contributed by atoms with van der Waals surface area (Å²) in [6.45, 7) is 3.96. The lowest BCUT2D eigenvalue weighted by molar-refractivity contribution is -0.111. The number of aryl methyl sites for hydroxylation is 2. The predicted octanol–water partition coefficient (Wildman–Crippen LogP) is 5.27. The lowest BCUT2D eigenvalue weighted by atomic mass is 10.0. The van der Waals surface area contributed by atoms with Crippen molar-refractivity contribution in [3.05, 3.63) is 63.1 Å². The van der Waals surface area contributed by atoms with E-state index in [9.17, 15) is 4.79 Å². The van der Waals surface area contributed by atoms with Crippen LogP contribution in [0.1, 0.15) is 16.7 Å². The van der Waals surface area contributed by atoms with Crippen molar-refractivity contribution < 1.29 is 9.53 Å². The summed E-state index contributed by atoms with van der Waals surface area (Å²) in [5, 5.41) is 3.60. The summed E-state index contributed by atoms with van der Waals surface area (Å²) in [6, 6.07) is 8.82. The van der Waals surface area contributed by atoms with Gasteiger partial charge in [-0.05, 0) is 66.9 Å². The summed E-state index contributed by atoms with van der Waals surface area (Å²) >= 11 is 11.8. The number of rotatable bonds is 4. The van der Waals surface area contributed by atoms with Crippen LogP contribution in [0.5, 0.6) is 5.75 Å². The first kappa shape index (κ1) is 17.4. The van der Waals surface area contributed by atoms with Crippen LogP contribution in [0, 0.1) is 13.8 Å². The van der Waals surface area contributed by atoms with Crippen LogP contribution in [-0.4, -0.2) is 13.0 Å². The Labute approximate surface area is 145 Å². The number of hydrogen-bond donors (Lipinski definition) is 1. The van der Waals surface area contributed by atoms with E-state index in [1.54, 1.807) is 31.4 Å². The lowest BCUT2D eigenvalue weighted by Crippen LogP contribution is -2.07. The number of hydrogen-bond acceptors (Lipinski definition) is 2. The molecule has 3 nitrogen and oxygen atoms in total. The SMILES string of the molecule is COc1cc(C)c(/C=C/C(=O)Nc2ccc(Cl)c(Cl)c2)c(C)c1. The van der Waals surface area contributed by atoms with E-state index in [0.717, 1.165) is 22.4 Å². The minimum absolute atomic E-state index is 0.238. The number of halogens is 2. The van der Waals surface area contributed by atoms with Crippen molar-refractivity contribution in [3.63, 3.8) is 0 Å². The minimum Gasteiger partial charge on any atom is -0.497 e. The van der Waals surface area contributed by atoms with Crippen molar-refractivity contribution in [1.29, 1.82) is 0 Å². The summed E-state index contributed by atoms with van der Waals surface area (Å²) < 4.78 is 5.23. The molecule has 0 aliphatic rings. The van der Waals surface area contributed by atoms with Crippen LogP contribution in [0.15, 0.2) is 36.4 Å². The molecule has 23 heavy (non-hydrogen) atoms. The van der Waals surface area contributed by atoms with Crippen LogP contribution in [0.2, 0.25) is 10.0 Å². The van der Waals surface area contributed by atoms with E-state index in [4.69, 9.17) is 27.9 Å². The second-order valence-corrected chi connectivity index (χ2v) is 5.94. The highest BCUT2D eigenvalue weighted by atomic mass is 35.5. The van der Waals surface area contributed by atoms with Gasteiger partial charge in [0.2, 0.25) is 5.91 Å². The third kappa shape index (κ3) is 4.50. The molecule has 0 atom stereocenters. The maximum atomic E-state index is 12.0. The topological polar surface area (TPSA) is 38.3 Å². The van der Waals surface area contributed by atoms with Crippen LogP contribution in [0.4, 0.5) is 5.69 Å². The Balaban J connectivity index is 2.13. The van der Waals surface area contributed by atoms with E-state index in [1.807, 2.05) is 26.0 Å². The highest BCUT2D eigenvalue weighted by Gasteiger charge is 2.05. The molecule has 0 spiro atoms. The lowest BCUT2D eigenvalue weighted by Gasteiger charge is -2.09.